The van der Waals surface area contributed by atoms with E-state index in [9.17, 15) is 8.78 Å². The van der Waals surface area contributed by atoms with Crippen molar-refractivity contribution in [3.63, 3.8) is 0 Å². The van der Waals surface area contributed by atoms with Crippen molar-refractivity contribution in [3.8, 4) is 17.3 Å². The van der Waals surface area contributed by atoms with Crippen LogP contribution in [0, 0.1) is 6.92 Å². The minimum Gasteiger partial charge on any atom is -0.491 e. The van der Waals surface area contributed by atoms with E-state index in [1.54, 1.807) is 42.3 Å². The highest BCUT2D eigenvalue weighted by Gasteiger charge is 2.21. The molecule has 0 fully saturated rings. The van der Waals surface area contributed by atoms with Crippen LogP contribution >= 0.6 is 0 Å². The standard InChI is InChI=1S/C22H19F2N9O/c1-13-17(33(22(23)24)31-29-13)12-32-16-6-4-3-5-15(16)19(30-32)21-26-11-18(34-2)20(28-21)27-14-7-9-25-10-8-14/h3-11,22H,12H2,1-2H3,(H,25,26,27,28). The predicted molar refractivity (Wildman–Crippen MR) is 120 cm³/mol. The van der Waals surface area contributed by atoms with Gasteiger partial charge in [0.25, 0.3) is 0 Å². The van der Waals surface area contributed by atoms with E-state index < -0.39 is 6.55 Å². The summed E-state index contributed by atoms with van der Waals surface area (Å²) in [7, 11) is 1.53. The molecule has 4 heterocycles. The summed E-state index contributed by atoms with van der Waals surface area (Å²) in [5, 5.41) is 16.0. The average molecular weight is 463 g/mol. The fourth-order valence-corrected chi connectivity index (χ4v) is 3.59. The molecule has 1 aromatic carbocycles. The number of ether oxygens (including phenoxy) is 1. The van der Waals surface area contributed by atoms with Gasteiger partial charge in [-0.15, -0.1) is 5.10 Å². The number of hydrogen-bond donors (Lipinski definition) is 1. The molecule has 4 aromatic heterocycles. The van der Waals surface area contributed by atoms with Gasteiger partial charge in [0.05, 0.1) is 36.8 Å². The maximum absolute atomic E-state index is 13.4. The second-order valence-corrected chi connectivity index (χ2v) is 7.34. The number of pyridine rings is 1. The molecular formula is C22H19F2N9O. The highest BCUT2D eigenvalue weighted by atomic mass is 19.3. The number of para-hydroxylation sites is 1. The summed E-state index contributed by atoms with van der Waals surface area (Å²) in [6.07, 6.45) is 4.87. The topological polar surface area (TPSA) is 108 Å². The van der Waals surface area contributed by atoms with Crippen LogP contribution < -0.4 is 10.1 Å². The van der Waals surface area contributed by atoms with Crippen molar-refractivity contribution >= 4 is 22.4 Å². The zero-order chi connectivity index (χ0) is 23.7. The molecule has 0 spiro atoms. The molecule has 5 rings (SSSR count). The lowest BCUT2D eigenvalue weighted by Crippen LogP contribution is -2.11. The van der Waals surface area contributed by atoms with Gasteiger partial charge in [0.15, 0.2) is 17.4 Å². The highest BCUT2D eigenvalue weighted by Crippen LogP contribution is 2.31. The van der Waals surface area contributed by atoms with Crippen LogP contribution in [-0.4, -0.2) is 46.8 Å². The van der Waals surface area contributed by atoms with Crippen LogP contribution in [0.25, 0.3) is 22.4 Å². The van der Waals surface area contributed by atoms with Gasteiger partial charge in [0.2, 0.25) is 0 Å². The molecule has 34 heavy (non-hydrogen) atoms. The van der Waals surface area contributed by atoms with Gasteiger partial charge in [-0.1, -0.05) is 23.4 Å². The zero-order valence-corrected chi connectivity index (χ0v) is 18.2. The molecule has 0 saturated heterocycles. The number of anilines is 2. The van der Waals surface area contributed by atoms with Crippen LogP contribution in [0.15, 0.2) is 55.0 Å². The van der Waals surface area contributed by atoms with E-state index in [4.69, 9.17) is 4.74 Å². The van der Waals surface area contributed by atoms with Gasteiger partial charge >= 0.3 is 6.55 Å². The van der Waals surface area contributed by atoms with Crippen LogP contribution in [0.5, 0.6) is 5.75 Å². The summed E-state index contributed by atoms with van der Waals surface area (Å²) < 4.78 is 34.5. The smallest absolute Gasteiger partial charge is 0.334 e. The van der Waals surface area contributed by atoms with Crippen molar-refractivity contribution in [2.45, 2.75) is 20.0 Å². The summed E-state index contributed by atoms with van der Waals surface area (Å²) in [4.78, 5) is 13.1. The molecule has 0 amide bonds. The van der Waals surface area contributed by atoms with Gasteiger partial charge < -0.3 is 10.1 Å². The van der Waals surface area contributed by atoms with E-state index in [-0.39, 0.29) is 12.2 Å². The van der Waals surface area contributed by atoms with Crippen LogP contribution in [0.2, 0.25) is 0 Å². The maximum atomic E-state index is 13.4. The lowest BCUT2D eigenvalue weighted by Gasteiger charge is -2.10. The Kier molecular flexibility index (Phi) is 5.54. The largest absolute Gasteiger partial charge is 0.491 e. The van der Waals surface area contributed by atoms with Crippen LogP contribution in [-0.2, 0) is 6.54 Å². The number of methoxy groups -OCH3 is 1. The number of alkyl halides is 2. The molecule has 0 bridgehead atoms. The Morgan fingerprint density at radius 3 is 2.68 bits per heavy atom. The Morgan fingerprint density at radius 1 is 1.12 bits per heavy atom. The molecule has 0 atom stereocenters. The van der Waals surface area contributed by atoms with Crippen molar-refractivity contribution in [3.05, 3.63) is 66.4 Å². The van der Waals surface area contributed by atoms with Crippen molar-refractivity contribution in [1.29, 1.82) is 0 Å². The summed E-state index contributed by atoms with van der Waals surface area (Å²) in [5.74, 6) is 1.25. The van der Waals surface area contributed by atoms with Crippen LogP contribution in [0.1, 0.15) is 17.9 Å². The Hall–Kier alpha value is -4.48. The van der Waals surface area contributed by atoms with Crippen LogP contribution in [0.4, 0.5) is 20.3 Å². The van der Waals surface area contributed by atoms with Gasteiger partial charge in [0, 0.05) is 23.5 Å². The summed E-state index contributed by atoms with van der Waals surface area (Å²) in [5.41, 5.74) is 2.69. The number of benzene rings is 1. The third-order valence-corrected chi connectivity index (χ3v) is 5.26. The molecule has 10 nitrogen and oxygen atoms in total. The molecule has 0 unspecified atom stereocenters. The third kappa shape index (κ3) is 3.89. The van der Waals surface area contributed by atoms with Crippen LogP contribution in [0.3, 0.4) is 0 Å². The van der Waals surface area contributed by atoms with Crippen molar-refractivity contribution < 1.29 is 13.5 Å². The SMILES string of the molecule is COc1cnc(-c2nn(Cc3c(C)nnn3C(F)F)c3ccccc23)nc1Nc1ccncc1. The normalized spacial score (nSPS) is 11.3. The molecular weight excluding hydrogens is 444 g/mol. The Morgan fingerprint density at radius 2 is 1.91 bits per heavy atom. The van der Waals surface area contributed by atoms with Crippen molar-refractivity contribution in [2.24, 2.45) is 0 Å². The fraction of sp³-hybridized carbons (Fsp3) is 0.182. The van der Waals surface area contributed by atoms with Gasteiger partial charge in [-0.3, -0.25) is 9.67 Å². The molecule has 0 aliphatic heterocycles. The Labute approximate surface area is 192 Å². The number of nitrogens with one attached hydrogen (secondary N) is 1. The second-order valence-electron chi connectivity index (χ2n) is 7.34. The Balaban J connectivity index is 1.59. The summed E-state index contributed by atoms with van der Waals surface area (Å²) in [6, 6.07) is 11.1. The molecule has 0 saturated carbocycles. The van der Waals surface area contributed by atoms with E-state index in [0.717, 1.165) is 16.6 Å². The highest BCUT2D eigenvalue weighted by molar-refractivity contribution is 5.92. The summed E-state index contributed by atoms with van der Waals surface area (Å²) in [6.45, 7) is -1.11. The maximum Gasteiger partial charge on any atom is 0.334 e. The number of aromatic nitrogens is 8. The van der Waals surface area contributed by atoms with Gasteiger partial charge in [0.1, 0.15) is 5.69 Å². The molecule has 0 aliphatic rings. The summed E-state index contributed by atoms with van der Waals surface area (Å²) >= 11 is 0. The van der Waals surface area contributed by atoms with E-state index in [2.05, 4.69) is 35.7 Å². The number of nitrogens with zero attached hydrogens (tertiary/aromatic N) is 8. The van der Waals surface area contributed by atoms with Crippen molar-refractivity contribution in [1.82, 2.24) is 39.7 Å². The number of halogens is 2. The first-order chi connectivity index (χ1) is 16.5. The first kappa shape index (κ1) is 21.4. The van der Waals surface area contributed by atoms with Gasteiger partial charge in [-0.05, 0) is 25.1 Å². The third-order valence-electron chi connectivity index (χ3n) is 5.26. The average Bonchev–Trinajstić information content (AvgIpc) is 3.41. The minimum absolute atomic E-state index is 0.0575. The number of fused-ring (bicyclic) bond motifs is 1. The second kappa shape index (κ2) is 8.81. The first-order valence-electron chi connectivity index (χ1n) is 10.3. The Bertz CT molecular complexity index is 1450. The quantitative estimate of drug-likeness (QED) is 0.386. The monoisotopic (exact) mass is 463 g/mol. The molecule has 172 valence electrons. The van der Waals surface area contributed by atoms with E-state index >= 15 is 0 Å². The molecule has 0 radical (unpaired) electrons. The lowest BCUT2D eigenvalue weighted by molar-refractivity contribution is 0.0511. The van der Waals surface area contributed by atoms with E-state index in [1.807, 2.05) is 24.3 Å². The lowest BCUT2D eigenvalue weighted by atomic mass is 10.2. The first-order valence-corrected chi connectivity index (χ1v) is 10.3. The number of hydrogen-bond acceptors (Lipinski definition) is 8. The molecule has 0 aliphatic carbocycles. The van der Waals surface area contributed by atoms with Gasteiger partial charge in [-0.25, -0.2) is 9.97 Å². The fourth-order valence-electron chi connectivity index (χ4n) is 3.59. The zero-order valence-electron chi connectivity index (χ0n) is 18.2. The minimum atomic E-state index is -2.80. The predicted octanol–water partition coefficient (Wildman–Crippen LogP) is 3.98. The molecule has 1 N–H and O–H groups in total. The molecule has 5 aromatic rings. The molecule has 12 heteroatoms. The van der Waals surface area contributed by atoms with E-state index in [0.29, 0.717) is 33.5 Å². The number of rotatable bonds is 7. The van der Waals surface area contributed by atoms with Crippen molar-refractivity contribution in [2.75, 3.05) is 12.4 Å². The number of aryl methyl sites for hydroxylation is 1. The van der Waals surface area contributed by atoms with Gasteiger partial charge in [-0.2, -0.15) is 18.6 Å². The van der Waals surface area contributed by atoms with E-state index in [1.165, 1.54) is 7.11 Å².